The molecule has 25 heavy (non-hydrogen) atoms. The first-order chi connectivity index (χ1) is 12.1. The molecule has 0 aliphatic carbocycles. The average molecular weight is 354 g/mol. The second-order valence-corrected chi connectivity index (χ2v) is 5.86. The molecule has 2 aromatic carbocycles. The van der Waals surface area contributed by atoms with Crippen molar-refractivity contribution in [2.45, 2.75) is 0 Å². The van der Waals surface area contributed by atoms with Crippen LogP contribution < -0.4 is 10.2 Å². The van der Waals surface area contributed by atoms with Crippen LogP contribution in [-0.2, 0) is 4.79 Å². The molecule has 1 aromatic heterocycles. The van der Waals surface area contributed by atoms with Gasteiger partial charge >= 0.3 is 0 Å². The molecule has 2 amide bonds. The number of fused-ring (bicyclic) bond motifs is 1. The molecule has 7 nitrogen and oxygen atoms in total. The molecular formula is C17H12ClN5O2. The number of hydrogen-bond donors (Lipinski definition) is 1. The Hall–Kier alpha value is -3.19. The summed E-state index contributed by atoms with van der Waals surface area (Å²) in [5.41, 5.74) is 1.96. The number of aromatic nitrogens is 3. The molecule has 0 unspecified atom stereocenters. The van der Waals surface area contributed by atoms with Gasteiger partial charge in [-0.2, -0.15) is 0 Å². The van der Waals surface area contributed by atoms with E-state index in [1.807, 2.05) is 6.07 Å². The number of nitrogens with zero attached hydrogens (tertiary/aromatic N) is 4. The van der Waals surface area contributed by atoms with Crippen LogP contribution in [0, 0.1) is 0 Å². The molecule has 1 N–H and O–H groups in total. The van der Waals surface area contributed by atoms with Crippen molar-refractivity contribution in [1.29, 1.82) is 0 Å². The standard InChI is InChI=1S/C17H12ClN5O2/c18-11-5-1-3-7-14(11)23-9-13(20-21-23)17(25)22-10-16(24)19-12-6-2-4-8-15(12)22/h1-9H,10H2,(H,19,24). The number of nitrogens with one attached hydrogen (secondary N) is 1. The normalized spacial score (nSPS) is 13.3. The lowest BCUT2D eigenvalue weighted by Gasteiger charge is -2.28. The summed E-state index contributed by atoms with van der Waals surface area (Å²) in [6.07, 6.45) is 1.50. The summed E-state index contributed by atoms with van der Waals surface area (Å²) in [5.74, 6) is -0.661. The number of amides is 2. The number of hydrogen-bond acceptors (Lipinski definition) is 4. The van der Waals surface area contributed by atoms with Crippen molar-refractivity contribution in [3.05, 3.63) is 65.4 Å². The van der Waals surface area contributed by atoms with Gasteiger partial charge in [-0.15, -0.1) is 5.10 Å². The summed E-state index contributed by atoms with van der Waals surface area (Å²) in [7, 11) is 0. The summed E-state index contributed by atoms with van der Waals surface area (Å²) >= 11 is 6.15. The first-order valence-corrected chi connectivity index (χ1v) is 7.89. The van der Waals surface area contributed by atoms with Crippen molar-refractivity contribution in [3.8, 4) is 5.69 Å². The Labute approximate surface area is 147 Å². The van der Waals surface area contributed by atoms with E-state index in [1.54, 1.807) is 42.5 Å². The van der Waals surface area contributed by atoms with Crippen LogP contribution in [0.4, 0.5) is 11.4 Å². The minimum absolute atomic E-state index is 0.0746. The third-order valence-electron chi connectivity index (χ3n) is 3.83. The van der Waals surface area contributed by atoms with E-state index in [9.17, 15) is 9.59 Å². The summed E-state index contributed by atoms with van der Waals surface area (Å²) in [6.45, 7) is -0.0746. The minimum Gasteiger partial charge on any atom is -0.323 e. The summed E-state index contributed by atoms with van der Waals surface area (Å²) < 4.78 is 1.44. The topological polar surface area (TPSA) is 80.1 Å². The van der Waals surface area contributed by atoms with E-state index in [0.717, 1.165) is 0 Å². The van der Waals surface area contributed by atoms with Crippen molar-refractivity contribution >= 4 is 34.8 Å². The number of carbonyl (C=O) groups excluding carboxylic acids is 2. The minimum atomic E-state index is -0.402. The van der Waals surface area contributed by atoms with Gasteiger partial charge in [0.15, 0.2) is 5.69 Å². The number of halogens is 1. The second kappa shape index (κ2) is 6.03. The smallest absolute Gasteiger partial charge is 0.281 e. The van der Waals surface area contributed by atoms with E-state index < -0.39 is 5.91 Å². The van der Waals surface area contributed by atoms with Gasteiger partial charge < -0.3 is 5.32 Å². The van der Waals surface area contributed by atoms with E-state index in [0.29, 0.717) is 22.1 Å². The Kier molecular flexibility index (Phi) is 3.70. The number of benzene rings is 2. The van der Waals surface area contributed by atoms with Crippen LogP contribution in [0.3, 0.4) is 0 Å². The highest BCUT2D eigenvalue weighted by Crippen LogP contribution is 2.30. The fourth-order valence-corrected chi connectivity index (χ4v) is 2.89. The Morgan fingerprint density at radius 1 is 1.08 bits per heavy atom. The van der Waals surface area contributed by atoms with Gasteiger partial charge in [-0.25, -0.2) is 4.68 Å². The van der Waals surface area contributed by atoms with E-state index in [-0.39, 0.29) is 18.1 Å². The third kappa shape index (κ3) is 2.74. The molecule has 2 heterocycles. The van der Waals surface area contributed by atoms with Gasteiger partial charge in [0.05, 0.1) is 28.3 Å². The zero-order valence-corrected chi connectivity index (χ0v) is 13.6. The number of anilines is 2. The van der Waals surface area contributed by atoms with Gasteiger partial charge in [0.2, 0.25) is 5.91 Å². The zero-order valence-electron chi connectivity index (χ0n) is 12.9. The van der Waals surface area contributed by atoms with Crippen LogP contribution in [-0.4, -0.2) is 33.4 Å². The number of carbonyl (C=O) groups is 2. The second-order valence-electron chi connectivity index (χ2n) is 5.46. The van der Waals surface area contributed by atoms with Crippen LogP contribution in [0.5, 0.6) is 0 Å². The fourth-order valence-electron chi connectivity index (χ4n) is 2.67. The van der Waals surface area contributed by atoms with Crippen LogP contribution in [0.1, 0.15) is 10.5 Å². The van der Waals surface area contributed by atoms with E-state index in [1.165, 1.54) is 15.8 Å². The van der Waals surface area contributed by atoms with Crippen LogP contribution in [0.25, 0.3) is 5.69 Å². The number of rotatable bonds is 2. The molecule has 0 atom stereocenters. The lowest BCUT2D eigenvalue weighted by molar-refractivity contribution is -0.115. The molecule has 0 radical (unpaired) electrons. The van der Waals surface area contributed by atoms with Crippen molar-refractivity contribution in [1.82, 2.24) is 15.0 Å². The van der Waals surface area contributed by atoms with Crippen molar-refractivity contribution in [3.63, 3.8) is 0 Å². The SMILES string of the molecule is O=C1CN(C(=O)c2cn(-c3ccccc3Cl)nn2)c2ccccc2N1. The first-order valence-electron chi connectivity index (χ1n) is 7.51. The van der Waals surface area contributed by atoms with Gasteiger partial charge in [-0.3, -0.25) is 14.5 Å². The molecule has 0 saturated heterocycles. The zero-order chi connectivity index (χ0) is 17.4. The van der Waals surface area contributed by atoms with Gasteiger partial charge in [-0.05, 0) is 24.3 Å². The number of para-hydroxylation sites is 3. The highest BCUT2D eigenvalue weighted by Gasteiger charge is 2.29. The highest BCUT2D eigenvalue weighted by atomic mass is 35.5. The Balaban J connectivity index is 1.69. The summed E-state index contributed by atoms with van der Waals surface area (Å²) in [4.78, 5) is 26.1. The van der Waals surface area contributed by atoms with Crippen LogP contribution in [0.2, 0.25) is 5.02 Å². The Morgan fingerprint density at radius 2 is 1.80 bits per heavy atom. The van der Waals surface area contributed by atoms with Gasteiger partial charge in [0.1, 0.15) is 6.54 Å². The quantitative estimate of drug-likeness (QED) is 0.767. The molecule has 1 aliphatic rings. The maximum Gasteiger partial charge on any atom is 0.281 e. The van der Waals surface area contributed by atoms with E-state index in [2.05, 4.69) is 15.6 Å². The van der Waals surface area contributed by atoms with Crippen LogP contribution >= 0.6 is 11.6 Å². The lowest BCUT2D eigenvalue weighted by atomic mass is 10.2. The average Bonchev–Trinajstić information content (AvgIpc) is 3.10. The molecule has 124 valence electrons. The maximum atomic E-state index is 12.8. The fraction of sp³-hybridized carbons (Fsp3) is 0.0588. The van der Waals surface area contributed by atoms with Gasteiger partial charge in [0.25, 0.3) is 5.91 Å². The Morgan fingerprint density at radius 3 is 2.60 bits per heavy atom. The molecule has 0 spiro atoms. The summed E-state index contributed by atoms with van der Waals surface area (Å²) in [5, 5.41) is 11.1. The predicted molar refractivity (Wildman–Crippen MR) is 93.1 cm³/mol. The Bertz CT molecular complexity index is 984. The van der Waals surface area contributed by atoms with E-state index in [4.69, 9.17) is 11.6 Å². The molecule has 3 aromatic rings. The summed E-state index contributed by atoms with van der Waals surface area (Å²) in [6, 6.07) is 14.2. The van der Waals surface area contributed by atoms with Crippen molar-refractivity contribution in [2.75, 3.05) is 16.8 Å². The van der Waals surface area contributed by atoms with Crippen LogP contribution in [0.15, 0.2) is 54.7 Å². The molecule has 0 fully saturated rings. The van der Waals surface area contributed by atoms with Crippen molar-refractivity contribution in [2.24, 2.45) is 0 Å². The molecule has 1 aliphatic heterocycles. The highest BCUT2D eigenvalue weighted by molar-refractivity contribution is 6.32. The lowest BCUT2D eigenvalue weighted by Crippen LogP contribution is -2.42. The predicted octanol–water partition coefficient (Wildman–Crippen LogP) is 2.52. The molecule has 4 rings (SSSR count). The maximum absolute atomic E-state index is 12.8. The molecule has 8 heteroatoms. The molecule has 0 saturated carbocycles. The monoisotopic (exact) mass is 353 g/mol. The van der Waals surface area contributed by atoms with Gasteiger partial charge in [-0.1, -0.05) is 41.1 Å². The third-order valence-corrected chi connectivity index (χ3v) is 4.15. The van der Waals surface area contributed by atoms with Gasteiger partial charge in [0, 0.05) is 0 Å². The molecular weight excluding hydrogens is 342 g/mol. The molecule has 0 bridgehead atoms. The largest absolute Gasteiger partial charge is 0.323 e. The van der Waals surface area contributed by atoms with E-state index >= 15 is 0 Å². The van der Waals surface area contributed by atoms with Crippen molar-refractivity contribution < 1.29 is 9.59 Å². The first kappa shape index (κ1) is 15.3.